The molecule has 1 aromatic heterocycles. The maximum Gasteiger partial charge on any atom is 0.386 e. The standard InChI is InChI=1S/C12H9BrFN3O2/c13-9-3-4-10(14)8(6-9)7-16-11-2-1-5-15-12(11)17(18)19/h1-6,16H,7H2. The fraction of sp³-hybridized carbons (Fsp3) is 0.0833. The summed E-state index contributed by atoms with van der Waals surface area (Å²) < 4.78 is 14.3. The van der Waals surface area contributed by atoms with E-state index < -0.39 is 4.92 Å². The molecule has 2 aromatic rings. The first-order chi connectivity index (χ1) is 9.08. The van der Waals surface area contributed by atoms with Gasteiger partial charge in [-0.3, -0.25) is 0 Å². The van der Waals surface area contributed by atoms with Crippen molar-refractivity contribution < 1.29 is 9.31 Å². The third kappa shape index (κ3) is 3.25. The number of rotatable bonds is 4. The van der Waals surface area contributed by atoms with Crippen LogP contribution in [0.2, 0.25) is 0 Å². The second-order valence-electron chi connectivity index (χ2n) is 3.72. The number of hydrogen-bond donors (Lipinski definition) is 1. The normalized spacial score (nSPS) is 10.2. The van der Waals surface area contributed by atoms with Gasteiger partial charge >= 0.3 is 5.82 Å². The Balaban J connectivity index is 2.19. The summed E-state index contributed by atoms with van der Waals surface area (Å²) in [6.45, 7) is 0.137. The minimum absolute atomic E-state index is 0.137. The second-order valence-corrected chi connectivity index (χ2v) is 4.64. The summed E-state index contributed by atoms with van der Waals surface area (Å²) >= 11 is 3.25. The summed E-state index contributed by atoms with van der Waals surface area (Å²) in [5.74, 6) is -0.653. The minimum Gasteiger partial charge on any atom is -0.374 e. The summed E-state index contributed by atoms with van der Waals surface area (Å²) in [6, 6.07) is 7.64. The van der Waals surface area contributed by atoms with Crippen molar-refractivity contribution in [1.82, 2.24) is 4.98 Å². The summed E-state index contributed by atoms with van der Waals surface area (Å²) in [4.78, 5) is 13.9. The lowest BCUT2D eigenvalue weighted by atomic mass is 10.2. The average Bonchev–Trinajstić information content (AvgIpc) is 2.40. The van der Waals surface area contributed by atoms with Gasteiger partial charge in [0, 0.05) is 16.6 Å². The van der Waals surface area contributed by atoms with Gasteiger partial charge in [-0.05, 0) is 40.2 Å². The molecule has 0 spiro atoms. The molecule has 0 fully saturated rings. The van der Waals surface area contributed by atoms with E-state index in [-0.39, 0.29) is 23.9 Å². The predicted octanol–water partition coefficient (Wildman–Crippen LogP) is 3.50. The van der Waals surface area contributed by atoms with Crippen molar-refractivity contribution in [2.24, 2.45) is 0 Å². The van der Waals surface area contributed by atoms with Crippen LogP contribution in [0.25, 0.3) is 0 Å². The lowest BCUT2D eigenvalue weighted by molar-refractivity contribution is -0.388. The van der Waals surface area contributed by atoms with Crippen LogP contribution in [0.1, 0.15) is 5.56 Å². The van der Waals surface area contributed by atoms with Crippen molar-refractivity contribution in [3.05, 3.63) is 62.5 Å². The van der Waals surface area contributed by atoms with E-state index in [2.05, 4.69) is 26.2 Å². The van der Waals surface area contributed by atoms with Crippen LogP contribution >= 0.6 is 15.9 Å². The van der Waals surface area contributed by atoms with Gasteiger partial charge in [-0.2, -0.15) is 0 Å². The first kappa shape index (κ1) is 13.4. The quantitative estimate of drug-likeness (QED) is 0.690. The fourth-order valence-electron chi connectivity index (χ4n) is 1.55. The van der Waals surface area contributed by atoms with Crippen LogP contribution in [0.15, 0.2) is 41.0 Å². The van der Waals surface area contributed by atoms with Crippen LogP contribution in [0, 0.1) is 15.9 Å². The highest BCUT2D eigenvalue weighted by molar-refractivity contribution is 9.10. The monoisotopic (exact) mass is 325 g/mol. The van der Waals surface area contributed by atoms with Gasteiger partial charge in [0.1, 0.15) is 17.7 Å². The zero-order valence-electron chi connectivity index (χ0n) is 9.64. The van der Waals surface area contributed by atoms with Gasteiger partial charge in [-0.1, -0.05) is 15.9 Å². The average molecular weight is 326 g/mol. The molecule has 0 aliphatic rings. The molecule has 5 nitrogen and oxygen atoms in total. The molecule has 0 saturated carbocycles. The van der Waals surface area contributed by atoms with E-state index >= 15 is 0 Å². The molecule has 2 rings (SSSR count). The van der Waals surface area contributed by atoms with E-state index in [0.29, 0.717) is 5.56 Å². The summed E-state index contributed by atoms with van der Waals surface area (Å²) in [7, 11) is 0. The minimum atomic E-state index is -0.584. The van der Waals surface area contributed by atoms with Crippen LogP contribution in [-0.2, 0) is 6.54 Å². The summed E-state index contributed by atoms with van der Waals surface area (Å²) in [5, 5.41) is 13.6. The number of halogens is 2. The fourth-order valence-corrected chi connectivity index (χ4v) is 1.96. The van der Waals surface area contributed by atoms with E-state index in [4.69, 9.17) is 0 Å². The number of nitro groups is 1. The molecule has 19 heavy (non-hydrogen) atoms. The van der Waals surface area contributed by atoms with Crippen molar-refractivity contribution in [3.8, 4) is 0 Å². The summed E-state index contributed by atoms with van der Waals surface area (Å²) in [6.07, 6.45) is 1.34. The van der Waals surface area contributed by atoms with Crippen LogP contribution < -0.4 is 5.32 Å². The topological polar surface area (TPSA) is 68.1 Å². The number of anilines is 1. The third-order valence-electron chi connectivity index (χ3n) is 2.44. The Morgan fingerprint density at radius 3 is 2.95 bits per heavy atom. The van der Waals surface area contributed by atoms with Crippen molar-refractivity contribution in [1.29, 1.82) is 0 Å². The maximum atomic E-state index is 13.5. The number of nitrogens with one attached hydrogen (secondary N) is 1. The Bertz CT molecular complexity index is 622. The van der Waals surface area contributed by atoms with Crippen LogP contribution in [-0.4, -0.2) is 9.91 Å². The van der Waals surface area contributed by atoms with Crippen molar-refractivity contribution in [3.63, 3.8) is 0 Å². The predicted molar refractivity (Wildman–Crippen MR) is 72.3 cm³/mol. The third-order valence-corrected chi connectivity index (χ3v) is 2.93. The number of benzene rings is 1. The molecule has 1 heterocycles. The highest BCUT2D eigenvalue weighted by Gasteiger charge is 2.14. The largest absolute Gasteiger partial charge is 0.386 e. The molecule has 0 aliphatic heterocycles. The Hall–Kier alpha value is -2.02. The van der Waals surface area contributed by atoms with Gasteiger partial charge in [0.15, 0.2) is 0 Å². The molecule has 0 saturated heterocycles. The number of pyridine rings is 1. The van der Waals surface area contributed by atoms with Crippen LogP contribution in [0.3, 0.4) is 0 Å². The van der Waals surface area contributed by atoms with Gasteiger partial charge < -0.3 is 15.4 Å². The molecule has 0 radical (unpaired) electrons. The molecule has 0 bridgehead atoms. The first-order valence-electron chi connectivity index (χ1n) is 5.35. The Kier molecular flexibility index (Phi) is 4.06. The van der Waals surface area contributed by atoms with Gasteiger partial charge in [-0.25, -0.2) is 4.39 Å². The zero-order chi connectivity index (χ0) is 13.8. The first-order valence-corrected chi connectivity index (χ1v) is 6.14. The SMILES string of the molecule is O=[N+]([O-])c1ncccc1NCc1cc(Br)ccc1F. The number of nitrogens with zero attached hydrogens (tertiary/aromatic N) is 2. The Morgan fingerprint density at radius 1 is 1.42 bits per heavy atom. The van der Waals surface area contributed by atoms with Crippen LogP contribution in [0.5, 0.6) is 0 Å². The molecule has 0 aliphatic carbocycles. The molecule has 1 N–H and O–H groups in total. The van der Waals surface area contributed by atoms with Crippen molar-refractivity contribution in [2.45, 2.75) is 6.54 Å². The van der Waals surface area contributed by atoms with Gasteiger partial charge in [0.25, 0.3) is 0 Å². The van der Waals surface area contributed by atoms with E-state index in [0.717, 1.165) is 4.47 Å². The molecule has 7 heteroatoms. The molecule has 1 aromatic carbocycles. The second kappa shape index (κ2) is 5.75. The zero-order valence-corrected chi connectivity index (χ0v) is 11.2. The smallest absolute Gasteiger partial charge is 0.374 e. The molecule has 0 atom stereocenters. The molecule has 98 valence electrons. The highest BCUT2D eigenvalue weighted by Crippen LogP contribution is 2.22. The Labute approximate surface area is 116 Å². The van der Waals surface area contributed by atoms with Crippen molar-refractivity contribution in [2.75, 3.05) is 5.32 Å². The van der Waals surface area contributed by atoms with Crippen LogP contribution in [0.4, 0.5) is 15.9 Å². The van der Waals surface area contributed by atoms with E-state index in [1.165, 1.54) is 18.3 Å². The lowest BCUT2D eigenvalue weighted by Crippen LogP contribution is -2.05. The van der Waals surface area contributed by atoms with Gasteiger partial charge in [0.05, 0.1) is 0 Å². The van der Waals surface area contributed by atoms with E-state index in [1.807, 2.05) is 0 Å². The number of hydrogen-bond acceptors (Lipinski definition) is 4. The molecule has 0 amide bonds. The Morgan fingerprint density at radius 2 is 2.21 bits per heavy atom. The van der Waals surface area contributed by atoms with Gasteiger partial charge in [-0.15, -0.1) is 0 Å². The molecular weight excluding hydrogens is 317 g/mol. The molecular formula is C12H9BrFN3O2. The highest BCUT2D eigenvalue weighted by atomic mass is 79.9. The summed E-state index contributed by atoms with van der Waals surface area (Å²) in [5.41, 5.74) is 0.666. The molecule has 0 unspecified atom stereocenters. The maximum absolute atomic E-state index is 13.5. The van der Waals surface area contributed by atoms with Gasteiger partial charge in [0.2, 0.25) is 0 Å². The van der Waals surface area contributed by atoms with Crippen molar-refractivity contribution >= 4 is 27.4 Å². The number of aromatic nitrogens is 1. The van der Waals surface area contributed by atoms with E-state index in [9.17, 15) is 14.5 Å². The lowest BCUT2D eigenvalue weighted by Gasteiger charge is -2.07. The van der Waals surface area contributed by atoms with E-state index in [1.54, 1.807) is 18.2 Å².